The minimum Gasteiger partial charge on any atom is -0.489 e. The second kappa shape index (κ2) is 9.09. The van der Waals surface area contributed by atoms with Gasteiger partial charge in [0.1, 0.15) is 12.4 Å². The predicted molar refractivity (Wildman–Crippen MR) is 95.2 cm³/mol. The first kappa shape index (κ1) is 16.4. The van der Waals surface area contributed by atoms with E-state index < -0.39 is 0 Å². The molecule has 1 nitrogen and oxygen atoms in total. The van der Waals surface area contributed by atoms with E-state index in [1.54, 1.807) is 0 Å². The number of allylic oxidation sites excluding steroid dienone is 1. The third kappa shape index (κ3) is 5.40. The van der Waals surface area contributed by atoms with Crippen LogP contribution in [0.1, 0.15) is 49.8 Å². The van der Waals surface area contributed by atoms with E-state index >= 15 is 0 Å². The lowest BCUT2D eigenvalue weighted by Gasteiger charge is -2.07. The van der Waals surface area contributed by atoms with Gasteiger partial charge >= 0.3 is 0 Å². The highest BCUT2D eigenvalue weighted by Crippen LogP contribution is 2.16. The van der Waals surface area contributed by atoms with Gasteiger partial charge in [0.2, 0.25) is 0 Å². The molecule has 1 heteroatoms. The second-order valence-electron chi connectivity index (χ2n) is 5.62. The molecule has 116 valence electrons. The van der Waals surface area contributed by atoms with Crippen molar-refractivity contribution in [3.63, 3.8) is 0 Å². The minimum absolute atomic E-state index is 0.622. The summed E-state index contributed by atoms with van der Waals surface area (Å²) >= 11 is 0. The van der Waals surface area contributed by atoms with Gasteiger partial charge in [-0.15, -0.1) is 0 Å². The summed E-state index contributed by atoms with van der Waals surface area (Å²) in [6.07, 6.45) is 9.04. The van der Waals surface area contributed by atoms with Crippen molar-refractivity contribution in [2.75, 3.05) is 0 Å². The Balaban J connectivity index is 1.85. The van der Waals surface area contributed by atoms with Crippen LogP contribution in [0.3, 0.4) is 0 Å². The number of hydrogen-bond donors (Lipinski definition) is 0. The Kier molecular flexibility index (Phi) is 6.76. The fraction of sp³-hybridized carbons (Fsp3) is 0.333. The van der Waals surface area contributed by atoms with Crippen molar-refractivity contribution >= 4 is 6.08 Å². The molecular weight excluding hydrogens is 268 g/mol. The summed E-state index contributed by atoms with van der Waals surface area (Å²) in [6.45, 7) is 5.02. The number of unbranched alkanes of at least 4 members (excludes halogenated alkanes) is 1. The quantitative estimate of drug-likeness (QED) is 0.577. The molecule has 0 unspecified atom stereocenters. The molecule has 0 spiro atoms. The van der Waals surface area contributed by atoms with Crippen LogP contribution in [-0.2, 0) is 13.0 Å². The van der Waals surface area contributed by atoms with Crippen molar-refractivity contribution < 1.29 is 4.74 Å². The van der Waals surface area contributed by atoms with Crippen LogP contribution in [0.15, 0.2) is 54.6 Å². The van der Waals surface area contributed by atoms with E-state index in [1.165, 1.54) is 29.5 Å². The molecule has 0 saturated heterocycles. The van der Waals surface area contributed by atoms with Gasteiger partial charge in [-0.3, -0.25) is 0 Å². The van der Waals surface area contributed by atoms with Crippen LogP contribution in [0.2, 0.25) is 0 Å². The summed E-state index contributed by atoms with van der Waals surface area (Å²) in [5, 5.41) is 0. The van der Waals surface area contributed by atoms with E-state index in [9.17, 15) is 0 Å². The van der Waals surface area contributed by atoms with Gasteiger partial charge in [-0.1, -0.05) is 75.2 Å². The van der Waals surface area contributed by atoms with E-state index in [-0.39, 0.29) is 0 Å². The van der Waals surface area contributed by atoms with Gasteiger partial charge in [-0.05, 0) is 41.7 Å². The highest BCUT2D eigenvalue weighted by Gasteiger charge is 1.97. The zero-order valence-electron chi connectivity index (χ0n) is 13.7. The molecule has 2 rings (SSSR count). The lowest BCUT2D eigenvalue weighted by atomic mass is 10.1. The van der Waals surface area contributed by atoms with Crippen LogP contribution in [0.25, 0.3) is 6.08 Å². The maximum Gasteiger partial charge on any atom is 0.119 e. The van der Waals surface area contributed by atoms with Crippen LogP contribution in [0.4, 0.5) is 0 Å². The number of rotatable bonds is 8. The molecule has 0 atom stereocenters. The van der Waals surface area contributed by atoms with Gasteiger partial charge < -0.3 is 4.74 Å². The Bertz CT molecular complexity index is 564. The Morgan fingerprint density at radius 2 is 1.50 bits per heavy atom. The predicted octanol–water partition coefficient (Wildman–Crippen LogP) is 6.03. The molecule has 0 aliphatic heterocycles. The minimum atomic E-state index is 0.622. The van der Waals surface area contributed by atoms with Gasteiger partial charge in [-0.25, -0.2) is 0 Å². The molecule has 0 bridgehead atoms. The van der Waals surface area contributed by atoms with Crippen molar-refractivity contribution in [3.8, 4) is 5.75 Å². The largest absolute Gasteiger partial charge is 0.489 e. The summed E-state index contributed by atoms with van der Waals surface area (Å²) in [4.78, 5) is 0. The van der Waals surface area contributed by atoms with E-state index in [1.807, 2.05) is 12.1 Å². The van der Waals surface area contributed by atoms with Crippen molar-refractivity contribution in [3.05, 3.63) is 71.3 Å². The van der Waals surface area contributed by atoms with E-state index in [4.69, 9.17) is 4.74 Å². The highest BCUT2D eigenvalue weighted by atomic mass is 16.5. The molecule has 0 radical (unpaired) electrons. The third-order valence-electron chi connectivity index (χ3n) is 3.61. The molecule has 0 heterocycles. The maximum atomic E-state index is 5.85. The Hall–Kier alpha value is -2.02. The van der Waals surface area contributed by atoms with Crippen molar-refractivity contribution in [1.82, 2.24) is 0 Å². The molecule has 2 aromatic rings. The van der Waals surface area contributed by atoms with Gasteiger partial charge in [0, 0.05) is 0 Å². The first-order valence-corrected chi connectivity index (χ1v) is 8.29. The standard InChI is InChI=1S/C21H26O/c1-3-5-6-8-19-13-15-21(16-14-19)22-17-20-11-9-18(7-4-2)10-12-20/h6,8-16H,3-5,7,17H2,1-2H3/b8-6+. The van der Waals surface area contributed by atoms with Gasteiger partial charge in [0.15, 0.2) is 0 Å². The fourth-order valence-electron chi connectivity index (χ4n) is 2.32. The normalized spacial score (nSPS) is 11.0. The first-order chi connectivity index (χ1) is 10.8. The summed E-state index contributed by atoms with van der Waals surface area (Å²) in [5.41, 5.74) is 3.84. The summed E-state index contributed by atoms with van der Waals surface area (Å²) in [7, 11) is 0. The molecule has 0 saturated carbocycles. The smallest absolute Gasteiger partial charge is 0.119 e. The van der Waals surface area contributed by atoms with Crippen LogP contribution in [0.5, 0.6) is 5.75 Å². The Morgan fingerprint density at radius 3 is 2.14 bits per heavy atom. The fourth-order valence-corrected chi connectivity index (χ4v) is 2.32. The molecule has 0 aromatic heterocycles. The number of hydrogen-bond acceptors (Lipinski definition) is 1. The lowest BCUT2D eigenvalue weighted by Crippen LogP contribution is -1.95. The molecule has 0 aliphatic carbocycles. The van der Waals surface area contributed by atoms with Gasteiger partial charge in [-0.2, -0.15) is 0 Å². The molecule has 2 aromatic carbocycles. The second-order valence-corrected chi connectivity index (χ2v) is 5.62. The van der Waals surface area contributed by atoms with Crippen LogP contribution >= 0.6 is 0 Å². The molecular formula is C21H26O. The van der Waals surface area contributed by atoms with Crippen LogP contribution in [-0.4, -0.2) is 0 Å². The van der Waals surface area contributed by atoms with Crippen LogP contribution < -0.4 is 4.74 Å². The van der Waals surface area contributed by atoms with Crippen molar-refractivity contribution in [1.29, 1.82) is 0 Å². The monoisotopic (exact) mass is 294 g/mol. The lowest BCUT2D eigenvalue weighted by molar-refractivity contribution is 0.306. The van der Waals surface area contributed by atoms with E-state index in [2.05, 4.69) is 62.4 Å². The van der Waals surface area contributed by atoms with E-state index in [0.29, 0.717) is 6.61 Å². The Morgan fingerprint density at radius 1 is 0.818 bits per heavy atom. The molecule has 0 aliphatic rings. The van der Waals surface area contributed by atoms with Crippen molar-refractivity contribution in [2.24, 2.45) is 0 Å². The molecule has 22 heavy (non-hydrogen) atoms. The molecule has 0 N–H and O–H groups in total. The zero-order valence-corrected chi connectivity index (χ0v) is 13.7. The van der Waals surface area contributed by atoms with Crippen LogP contribution in [0, 0.1) is 0 Å². The summed E-state index contributed by atoms with van der Waals surface area (Å²) in [6, 6.07) is 17.0. The average Bonchev–Trinajstić information content (AvgIpc) is 2.56. The number of aryl methyl sites for hydroxylation is 1. The SMILES string of the molecule is CCC/C=C/c1ccc(OCc2ccc(CCC)cc2)cc1. The summed E-state index contributed by atoms with van der Waals surface area (Å²) < 4.78 is 5.85. The highest BCUT2D eigenvalue weighted by molar-refractivity contribution is 5.50. The van der Waals surface area contributed by atoms with Gasteiger partial charge in [0.25, 0.3) is 0 Å². The Labute approximate surface area is 134 Å². The van der Waals surface area contributed by atoms with Gasteiger partial charge in [0.05, 0.1) is 0 Å². The average molecular weight is 294 g/mol. The topological polar surface area (TPSA) is 9.23 Å². The molecule has 0 amide bonds. The van der Waals surface area contributed by atoms with E-state index in [0.717, 1.165) is 18.6 Å². The zero-order chi connectivity index (χ0) is 15.6. The third-order valence-corrected chi connectivity index (χ3v) is 3.61. The number of ether oxygens (including phenoxy) is 1. The number of benzene rings is 2. The molecule has 0 fully saturated rings. The maximum absolute atomic E-state index is 5.85. The van der Waals surface area contributed by atoms with Crippen molar-refractivity contribution in [2.45, 2.75) is 46.1 Å². The first-order valence-electron chi connectivity index (χ1n) is 8.29. The summed E-state index contributed by atoms with van der Waals surface area (Å²) in [5.74, 6) is 0.922.